The average molecular weight is 361 g/mol. The second-order valence-electron chi connectivity index (χ2n) is 4.45. The van der Waals surface area contributed by atoms with Crippen molar-refractivity contribution in [3.63, 3.8) is 0 Å². The molecule has 19 heavy (non-hydrogen) atoms. The van der Waals surface area contributed by atoms with Crippen LogP contribution in [0, 0.1) is 6.92 Å². The largest absolute Gasteiger partial charge is 0.483 e. The van der Waals surface area contributed by atoms with Crippen molar-refractivity contribution in [1.29, 1.82) is 0 Å². The zero-order valence-electron chi connectivity index (χ0n) is 10.7. The number of aryl methyl sites for hydroxylation is 1. The van der Waals surface area contributed by atoms with Crippen LogP contribution in [-0.4, -0.2) is 6.04 Å². The molecule has 102 valence electrons. The van der Waals surface area contributed by atoms with Gasteiger partial charge in [0.2, 0.25) is 0 Å². The number of hydrogen-bond donors (Lipinski definition) is 1. The summed E-state index contributed by atoms with van der Waals surface area (Å²) in [6, 6.07) is 9.68. The lowest BCUT2D eigenvalue weighted by Crippen LogP contribution is -2.28. The summed E-state index contributed by atoms with van der Waals surface area (Å²) in [7, 11) is 0. The van der Waals surface area contributed by atoms with Crippen LogP contribution in [0.4, 0.5) is 0 Å². The van der Waals surface area contributed by atoms with Gasteiger partial charge in [0, 0.05) is 15.4 Å². The van der Waals surface area contributed by atoms with Crippen LogP contribution in [0.5, 0.6) is 5.75 Å². The third kappa shape index (κ3) is 3.72. The molecule has 0 fully saturated rings. The Balaban J connectivity index is 2.29. The smallest absolute Gasteiger partial charge is 0.148 e. The van der Waals surface area contributed by atoms with Crippen LogP contribution in [-0.2, 0) is 0 Å². The summed E-state index contributed by atoms with van der Waals surface area (Å²) in [5.41, 5.74) is 7.12. The molecular weight excluding hydrogens is 346 g/mol. The van der Waals surface area contributed by atoms with Crippen LogP contribution in [0.15, 0.2) is 34.8 Å². The van der Waals surface area contributed by atoms with Gasteiger partial charge in [-0.25, -0.2) is 0 Å². The van der Waals surface area contributed by atoms with Gasteiger partial charge in [-0.3, -0.25) is 0 Å². The lowest BCUT2D eigenvalue weighted by Gasteiger charge is -2.22. The molecule has 2 unspecified atom stereocenters. The Bertz CT molecular complexity index is 570. The summed E-state index contributed by atoms with van der Waals surface area (Å²) in [6.07, 6.45) is -0.189. The van der Waals surface area contributed by atoms with E-state index in [1.807, 2.05) is 44.2 Å². The van der Waals surface area contributed by atoms with E-state index in [-0.39, 0.29) is 12.1 Å². The Kier molecular flexibility index (Phi) is 4.90. The minimum Gasteiger partial charge on any atom is -0.483 e. The molecule has 0 radical (unpaired) electrons. The van der Waals surface area contributed by atoms with Crippen LogP contribution >= 0.6 is 38.9 Å². The van der Waals surface area contributed by atoms with Crippen molar-refractivity contribution in [2.45, 2.75) is 26.0 Å². The number of ether oxygens (including phenoxy) is 1. The first-order chi connectivity index (χ1) is 8.97. The van der Waals surface area contributed by atoms with Gasteiger partial charge in [-0.1, -0.05) is 33.6 Å². The van der Waals surface area contributed by atoms with E-state index >= 15 is 0 Å². The summed E-state index contributed by atoms with van der Waals surface area (Å²) < 4.78 is 7.82. The molecule has 0 bridgehead atoms. The minimum absolute atomic E-state index is 0.118. The molecule has 1 heterocycles. The molecule has 2 aromatic rings. The molecule has 1 aromatic carbocycles. The third-order valence-electron chi connectivity index (χ3n) is 2.76. The fourth-order valence-electron chi connectivity index (χ4n) is 1.74. The van der Waals surface area contributed by atoms with Crippen LogP contribution in [0.2, 0.25) is 4.34 Å². The standard InChI is InChI=1S/C14H15BrClNOS/c1-8-3-4-10(15)7-11(8)18-14(9(2)17)12-5-6-13(16)19-12/h3-7,9,14H,17H2,1-2H3. The molecule has 1 aromatic heterocycles. The van der Waals surface area contributed by atoms with E-state index < -0.39 is 0 Å². The van der Waals surface area contributed by atoms with Gasteiger partial charge in [-0.15, -0.1) is 11.3 Å². The van der Waals surface area contributed by atoms with E-state index in [2.05, 4.69) is 15.9 Å². The molecule has 0 spiro atoms. The summed E-state index contributed by atoms with van der Waals surface area (Å²) in [5.74, 6) is 0.834. The average Bonchev–Trinajstić information content (AvgIpc) is 2.76. The maximum Gasteiger partial charge on any atom is 0.148 e. The molecule has 2 rings (SSSR count). The van der Waals surface area contributed by atoms with Crippen molar-refractivity contribution in [3.8, 4) is 5.75 Å². The second kappa shape index (κ2) is 6.27. The first-order valence-corrected chi connectivity index (χ1v) is 7.89. The zero-order valence-corrected chi connectivity index (χ0v) is 13.8. The van der Waals surface area contributed by atoms with Gasteiger partial charge >= 0.3 is 0 Å². The zero-order chi connectivity index (χ0) is 14.0. The molecule has 0 aliphatic carbocycles. The number of rotatable bonds is 4. The highest BCUT2D eigenvalue weighted by atomic mass is 79.9. The van der Waals surface area contributed by atoms with E-state index in [9.17, 15) is 0 Å². The van der Waals surface area contributed by atoms with Crippen LogP contribution in [0.3, 0.4) is 0 Å². The summed E-state index contributed by atoms with van der Waals surface area (Å²) >= 11 is 10.9. The summed E-state index contributed by atoms with van der Waals surface area (Å²) in [4.78, 5) is 1.04. The maximum absolute atomic E-state index is 6.08. The normalized spacial score (nSPS) is 14.2. The lowest BCUT2D eigenvalue weighted by molar-refractivity contribution is 0.183. The van der Waals surface area contributed by atoms with Crippen molar-refractivity contribution in [3.05, 3.63) is 49.6 Å². The van der Waals surface area contributed by atoms with Gasteiger partial charge in [-0.2, -0.15) is 0 Å². The van der Waals surface area contributed by atoms with Gasteiger partial charge in [0.15, 0.2) is 0 Å². The lowest BCUT2D eigenvalue weighted by atomic mass is 10.1. The predicted molar refractivity (Wildman–Crippen MR) is 85.2 cm³/mol. The van der Waals surface area contributed by atoms with Gasteiger partial charge in [0.05, 0.1) is 4.34 Å². The Morgan fingerprint density at radius 2 is 2.05 bits per heavy atom. The second-order valence-corrected chi connectivity index (χ2v) is 7.11. The summed E-state index contributed by atoms with van der Waals surface area (Å²) in [6.45, 7) is 3.95. The molecule has 0 saturated heterocycles. The van der Waals surface area contributed by atoms with E-state index in [0.29, 0.717) is 0 Å². The SMILES string of the molecule is Cc1ccc(Br)cc1OC(c1ccc(Cl)s1)C(C)N. The molecule has 5 heteroatoms. The third-order valence-corrected chi connectivity index (χ3v) is 4.54. The minimum atomic E-state index is -0.189. The highest BCUT2D eigenvalue weighted by Gasteiger charge is 2.21. The Morgan fingerprint density at radius 3 is 2.63 bits per heavy atom. The Morgan fingerprint density at radius 1 is 1.32 bits per heavy atom. The van der Waals surface area contributed by atoms with Crippen molar-refractivity contribution < 1.29 is 4.74 Å². The van der Waals surface area contributed by atoms with Crippen LogP contribution in [0.25, 0.3) is 0 Å². The van der Waals surface area contributed by atoms with Crippen molar-refractivity contribution in [1.82, 2.24) is 0 Å². The quantitative estimate of drug-likeness (QED) is 0.838. The van der Waals surface area contributed by atoms with Gasteiger partial charge < -0.3 is 10.5 Å². The van der Waals surface area contributed by atoms with Crippen molar-refractivity contribution >= 4 is 38.9 Å². The fraction of sp³-hybridized carbons (Fsp3) is 0.286. The maximum atomic E-state index is 6.08. The molecular formula is C14H15BrClNOS. The van der Waals surface area contributed by atoms with Gasteiger partial charge in [0.1, 0.15) is 11.9 Å². The molecule has 2 N–H and O–H groups in total. The van der Waals surface area contributed by atoms with Crippen LogP contribution in [0.1, 0.15) is 23.5 Å². The number of benzene rings is 1. The molecule has 2 atom stereocenters. The number of hydrogen-bond acceptors (Lipinski definition) is 3. The van der Waals surface area contributed by atoms with Gasteiger partial charge in [0.25, 0.3) is 0 Å². The molecule has 0 aliphatic rings. The number of halogens is 2. The molecule has 0 aliphatic heterocycles. The highest BCUT2D eigenvalue weighted by molar-refractivity contribution is 9.10. The molecule has 2 nitrogen and oxygen atoms in total. The summed E-state index contributed by atoms with van der Waals surface area (Å²) in [5, 5.41) is 0. The fourth-order valence-corrected chi connectivity index (χ4v) is 3.29. The first kappa shape index (κ1) is 14.9. The first-order valence-electron chi connectivity index (χ1n) is 5.91. The number of thiophene rings is 1. The predicted octanol–water partition coefficient (Wildman–Crippen LogP) is 4.94. The van der Waals surface area contributed by atoms with E-state index in [1.54, 1.807) is 0 Å². The Labute approximate surface area is 130 Å². The Hall–Kier alpha value is -0.550. The van der Waals surface area contributed by atoms with E-state index in [4.69, 9.17) is 22.1 Å². The molecule has 0 amide bonds. The van der Waals surface area contributed by atoms with Crippen molar-refractivity contribution in [2.75, 3.05) is 0 Å². The van der Waals surface area contributed by atoms with Crippen molar-refractivity contribution in [2.24, 2.45) is 5.73 Å². The van der Waals surface area contributed by atoms with Gasteiger partial charge in [-0.05, 0) is 43.7 Å². The monoisotopic (exact) mass is 359 g/mol. The topological polar surface area (TPSA) is 35.2 Å². The van der Waals surface area contributed by atoms with E-state index in [1.165, 1.54) is 11.3 Å². The molecule has 0 saturated carbocycles. The van der Waals surface area contributed by atoms with Crippen LogP contribution < -0.4 is 10.5 Å². The highest BCUT2D eigenvalue weighted by Crippen LogP contribution is 2.33. The van der Waals surface area contributed by atoms with E-state index in [0.717, 1.165) is 25.0 Å². The number of nitrogens with two attached hydrogens (primary N) is 1.